The number of rotatable bonds is 1. The molecule has 0 saturated carbocycles. The van der Waals surface area contributed by atoms with Crippen LogP contribution in [-0.2, 0) is 0 Å². The summed E-state index contributed by atoms with van der Waals surface area (Å²) in [6.07, 6.45) is 3.62. The predicted octanol–water partition coefficient (Wildman–Crippen LogP) is 3.11. The van der Waals surface area contributed by atoms with Gasteiger partial charge in [-0.3, -0.25) is 0 Å². The first-order valence-electron chi connectivity index (χ1n) is 4.30. The minimum absolute atomic E-state index is 0.738. The van der Waals surface area contributed by atoms with Crippen molar-refractivity contribution in [1.82, 2.24) is 9.97 Å². The van der Waals surface area contributed by atoms with Crippen LogP contribution in [0.5, 0.6) is 0 Å². The topological polar surface area (TPSA) is 25.8 Å². The Hall–Kier alpha value is -1.41. The standard InChI is InChI=1S/C11H9ClN2/c1-8-13-6-10(7-14-8)9-2-4-11(12)5-3-9/h2-7H,1H3. The van der Waals surface area contributed by atoms with Crippen molar-refractivity contribution < 1.29 is 0 Å². The minimum atomic E-state index is 0.738. The monoisotopic (exact) mass is 204 g/mol. The molecule has 0 aliphatic heterocycles. The zero-order valence-corrected chi connectivity index (χ0v) is 8.49. The normalized spacial score (nSPS) is 10.1. The maximum atomic E-state index is 5.79. The summed E-state index contributed by atoms with van der Waals surface area (Å²) in [6, 6.07) is 7.63. The smallest absolute Gasteiger partial charge is 0.125 e. The highest BCUT2D eigenvalue weighted by Gasteiger charge is 1.97. The van der Waals surface area contributed by atoms with Crippen LogP contribution in [0.1, 0.15) is 5.82 Å². The van der Waals surface area contributed by atoms with E-state index in [0.717, 1.165) is 22.0 Å². The van der Waals surface area contributed by atoms with Gasteiger partial charge in [-0.2, -0.15) is 0 Å². The van der Waals surface area contributed by atoms with Crippen LogP contribution >= 0.6 is 11.6 Å². The third-order valence-corrected chi connectivity index (χ3v) is 2.21. The highest BCUT2D eigenvalue weighted by Crippen LogP contribution is 2.19. The second-order valence-corrected chi connectivity index (χ2v) is 3.46. The van der Waals surface area contributed by atoms with Gasteiger partial charge in [0.15, 0.2) is 0 Å². The zero-order chi connectivity index (χ0) is 9.97. The van der Waals surface area contributed by atoms with Crippen molar-refractivity contribution in [2.75, 3.05) is 0 Å². The van der Waals surface area contributed by atoms with E-state index in [1.54, 1.807) is 0 Å². The Labute approximate surface area is 87.6 Å². The van der Waals surface area contributed by atoms with E-state index in [1.165, 1.54) is 0 Å². The minimum Gasteiger partial charge on any atom is -0.241 e. The summed E-state index contributed by atoms with van der Waals surface area (Å²) in [4.78, 5) is 8.27. The summed E-state index contributed by atoms with van der Waals surface area (Å²) in [5.74, 6) is 0.780. The molecule has 0 radical (unpaired) electrons. The van der Waals surface area contributed by atoms with Crippen LogP contribution in [0.3, 0.4) is 0 Å². The lowest BCUT2D eigenvalue weighted by molar-refractivity contribution is 1.06. The van der Waals surface area contributed by atoms with Gasteiger partial charge in [-0.05, 0) is 24.6 Å². The van der Waals surface area contributed by atoms with Crippen molar-refractivity contribution in [3.8, 4) is 11.1 Å². The van der Waals surface area contributed by atoms with Crippen LogP contribution in [0.2, 0.25) is 5.02 Å². The molecule has 2 rings (SSSR count). The Balaban J connectivity index is 2.40. The van der Waals surface area contributed by atoms with E-state index >= 15 is 0 Å². The fourth-order valence-electron chi connectivity index (χ4n) is 1.18. The first-order valence-corrected chi connectivity index (χ1v) is 4.68. The van der Waals surface area contributed by atoms with Gasteiger partial charge in [0.2, 0.25) is 0 Å². The van der Waals surface area contributed by atoms with Gasteiger partial charge in [0, 0.05) is 23.0 Å². The first-order chi connectivity index (χ1) is 6.75. The summed E-state index contributed by atoms with van der Waals surface area (Å²) < 4.78 is 0. The molecule has 0 fully saturated rings. The molecule has 0 aliphatic rings. The van der Waals surface area contributed by atoms with E-state index in [1.807, 2.05) is 43.6 Å². The molecule has 0 spiro atoms. The van der Waals surface area contributed by atoms with Gasteiger partial charge >= 0.3 is 0 Å². The summed E-state index contributed by atoms with van der Waals surface area (Å²) in [5.41, 5.74) is 2.08. The average molecular weight is 205 g/mol. The molecule has 0 N–H and O–H groups in total. The third-order valence-electron chi connectivity index (χ3n) is 1.96. The Morgan fingerprint density at radius 3 is 2.07 bits per heavy atom. The van der Waals surface area contributed by atoms with E-state index in [-0.39, 0.29) is 0 Å². The predicted molar refractivity (Wildman–Crippen MR) is 57.2 cm³/mol. The first kappa shape index (κ1) is 9.16. The Kier molecular flexibility index (Phi) is 2.46. The summed E-state index contributed by atoms with van der Waals surface area (Å²) in [7, 11) is 0. The molecule has 1 aromatic heterocycles. The van der Waals surface area contributed by atoms with Crippen molar-refractivity contribution in [3.05, 3.63) is 47.5 Å². The number of hydrogen-bond acceptors (Lipinski definition) is 2. The summed E-state index contributed by atoms with van der Waals surface area (Å²) in [6.45, 7) is 1.87. The van der Waals surface area contributed by atoms with Crippen molar-refractivity contribution in [2.45, 2.75) is 6.92 Å². The van der Waals surface area contributed by atoms with Gasteiger partial charge in [-0.25, -0.2) is 9.97 Å². The summed E-state index contributed by atoms with van der Waals surface area (Å²) >= 11 is 5.79. The van der Waals surface area contributed by atoms with Crippen LogP contribution in [0.25, 0.3) is 11.1 Å². The number of halogens is 1. The molecule has 0 amide bonds. The van der Waals surface area contributed by atoms with Gasteiger partial charge in [0.1, 0.15) is 5.82 Å². The van der Waals surface area contributed by atoms with Crippen molar-refractivity contribution in [2.24, 2.45) is 0 Å². The molecule has 0 atom stereocenters. The molecule has 2 nitrogen and oxygen atoms in total. The fourth-order valence-corrected chi connectivity index (χ4v) is 1.31. The molecule has 0 saturated heterocycles. The van der Waals surface area contributed by atoms with Crippen LogP contribution in [-0.4, -0.2) is 9.97 Å². The second-order valence-electron chi connectivity index (χ2n) is 3.03. The maximum absolute atomic E-state index is 5.79. The lowest BCUT2D eigenvalue weighted by Gasteiger charge is -2.00. The van der Waals surface area contributed by atoms with Gasteiger partial charge in [0.25, 0.3) is 0 Å². The van der Waals surface area contributed by atoms with E-state index in [0.29, 0.717) is 0 Å². The molecule has 70 valence electrons. The number of nitrogens with zero attached hydrogens (tertiary/aromatic N) is 2. The van der Waals surface area contributed by atoms with Crippen LogP contribution < -0.4 is 0 Å². The van der Waals surface area contributed by atoms with Crippen LogP contribution in [0.4, 0.5) is 0 Å². The Bertz CT molecular complexity index is 377. The van der Waals surface area contributed by atoms with Crippen molar-refractivity contribution in [1.29, 1.82) is 0 Å². The van der Waals surface area contributed by atoms with Gasteiger partial charge < -0.3 is 0 Å². The van der Waals surface area contributed by atoms with Crippen molar-refractivity contribution in [3.63, 3.8) is 0 Å². The van der Waals surface area contributed by atoms with E-state index in [4.69, 9.17) is 11.6 Å². The molecule has 0 bridgehead atoms. The molecular formula is C11H9ClN2. The van der Waals surface area contributed by atoms with E-state index in [9.17, 15) is 0 Å². The molecule has 14 heavy (non-hydrogen) atoms. The number of aromatic nitrogens is 2. The number of aryl methyl sites for hydroxylation is 1. The lowest BCUT2D eigenvalue weighted by Crippen LogP contribution is -1.87. The van der Waals surface area contributed by atoms with Crippen LogP contribution in [0, 0.1) is 6.92 Å². The van der Waals surface area contributed by atoms with Crippen LogP contribution in [0.15, 0.2) is 36.7 Å². The van der Waals surface area contributed by atoms with Crippen molar-refractivity contribution >= 4 is 11.6 Å². The molecular weight excluding hydrogens is 196 g/mol. The molecule has 2 aromatic rings. The van der Waals surface area contributed by atoms with E-state index < -0.39 is 0 Å². The average Bonchev–Trinajstić information content (AvgIpc) is 2.21. The van der Waals surface area contributed by atoms with Gasteiger partial charge in [0.05, 0.1) is 0 Å². The maximum Gasteiger partial charge on any atom is 0.125 e. The fraction of sp³-hybridized carbons (Fsp3) is 0.0909. The SMILES string of the molecule is Cc1ncc(-c2ccc(Cl)cc2)cn1. The van der Waals surface area contributed by atoms with Gasteiger partial charge in [-0.15, -0.1) is 0 Å². The lowest BCUT2D eigenvalue weighted by atomic mass is 10.1. The number of benzene rings is 1. The molecule has 1 heterocycles. The molecule has 1 aromatic carbocycles. The molecule has 0 aliphatic carbocycles. The molecule has 0 unspecified atom stereocenters. The second kappa shape index (κ2) is 3.76. The highest BCUT2D eigenvalue weighted by atomic mass is 35.5. The quantitative estimate of drug-likeness (QED) is 0.714. The van der Waals surface area contributed by atoms with E-state index in [2.05, 4.69) is 9.97 Å². The Morgan fingerprint density at radius 1 is 0.929 bits per heavy atom. The number of hydrogen-bond donors (Lipinski definition) is 0. The third kappa shape index (κ3) is 1.91. The largest absolute Gasteiger partial charge is 0.241 e. The molecule has 3 heteroatoms. The Morgan fingerprint density at radius 2 is 1.50 bits per heavy atom. The van der Waals surface area contributed by atoms with Gasteiger partial charge in [-0.1, -0.05) is 23.7 Å². The highest BCUT2D eigenvalue weighted by molar-refractivity contribution is 6.30. The zero-order valence-electron chi connectivity index (χ0n) is 7.74. The summed E-state index contributed by atoms with van der Waals surface area (Å²) in [5, 5.41) is 0.738.